The minimum Gasteiger partial charge on any atom is -0.459 e. The van der Waals surface area contributed by atoms with E-state index in [1.54, 1.807) is 12.1 Å². The summed E-state index contributed by atoms with van der Waals surface area (Å²) in [6.45, 7) is 14.4. The third-order valence-corrected chi connectivity index (χ3v) is 2.87. The van der Waals surface area contributed by atoms with Crippen LogP contribution in [0.3, 0.4) is 0 Å². The highest BCUT2D eigenvalue weighted by Gasteiger charge is 2.28. The average molecular weight is 290 g/mol. The van der Waals surface area contributed by atoms with Crippen LogP contribution >= 0.6 is 0 Å². The number of unbranched alkanes of at least 4 members (excludes halogenated alkanes) is 1. The van der Waals surface area contributed by atoms with E-state index in [0.29, 0.717) is 0 Å². The lowest BCUT2D eigenvalue weighted by molar-refractivity contribution is -0.187. The van der Waals surface area contributed by atoms with E-state index >= 15 is 0 Å². The van der Waals surface area contributed by atoms with Crippen LogP contribution in [0.1, 0.15) is 47.5 Å². The Labute approximate surface area is 119 Å². The van der Waals surface area contributed by atoms with Gasteiger partial charge in [-0.3, -0.25) is 4.79 Å². The van der Waals surface area contributed by atoms with Gasteiger partial charge in [0.25, 0.3) is 0 Å². The van der Waals surface area contributed by atoms with E-state index in [1.807, 2.05) is 20.8 Å². The largest absolute Gasteiger partial charge is 0.459 e. The van der Waals surface area contributed by atoms with Gasteiger partial charge in [-0.15, -0.1) is 5.17 Å². The topological polar surface area (TPSA) is 50.8 Å². The fourth-order valence-corrected chi connectivity index (χ4v) is 2.05. The first-order chi connectivity index (χ1) is 8.67. The van der Waals surface area contributed by atoms with Gasteiger partial charge in [-0.1, -0.05) is 13.3 Å². The van der Waals surface area contributed by atoms with Crippen LogP contribution < -0.4 is 5.43 Å². The van der Waals surface area contributed by atoms with E-state index < -0.39 is 20.7 Å². The lowest BCUT2D eigenvalue weighted by Gasteiger charge is -2.31. The van der Waals surface area contributed by atoms with Crippen molar-refractivity contribution in [3.63, 3.8) is 0 Å². The quantitative estimate of drug-likeness (QED) is 0.321. The van der Waals surface area contributed by atoms with Crippen LogP contribution in [0.15, 0.2) is 0 Å². The van der Waals surface area contributed by atoms with Crippen molar-refractivity contribution >= 4 is 15.0 Å². The van der Waals surface area contributed by atoms with Gasteiger partial charge >= 0.3 is 5.97 Å². The number of nitrogens with one attached hydrogen (secondary N) is 1. The van der Waals surface area contributed by atoms with E-state index in [4.69, 9.17) is 9.26 Å². The summed E-state index contributed by atoms with van der Waals surface area (Å²) in [6.07, 6.45) is 2.14. The lowest BCUT2D eigenvalue weighted by Crippen LogP contribution is -2.51. The van der Waals surface area contributed by atoms with Crippen LogP contribution in [0.4, 0.5) is 0 Å². The highest BCUT2D eigenvalue weighted by molar-refractivity contribution is 6.48. The molecule has 1 atom stereocenters. The molecule has 0 fully saturated rings. The molecule has 114 valence electrons. The second kappa shape index (κ2) is 8.68. The molecule has 1 unspecified atom stereocenters. The number of ether oxygens (including phenoxy) is 1. The standard InChI is InChI=1S/C13H30N2O3Si/c1-8-9-10-14-15(18-19(6)7)11(2)12(16)17-13(3,4)5/h11,14,19H,8-10H2,1-7H3. The molecule has 6 heteroatoms. The third-order valence-electron chi connectivity index (χ3n) is 2.22. The second-order valence-corrected chi connectivity index (χ2v) is 8.26. The Morgan fingerprint density at radius 2 is 1.95 bits per heavy atom. The first kappa shape index (κ1) is 18.6. The van der Waals surface area contributed by atoms with E-state index in [-0.39, 0.29) is 5.97 Å². The highest BCUT2D eigenvalue weighted by atomic mass is 28.3. The van der Waals surface area contributed by atoms with E-state index in [1.165, 1.54) is 0 Å². The molecular formula is C13H30N2O3Si. The SMILES string of the molecule is CCCCNN(O[SiH](C)C)C(C)C(=O)OC(C)(C)C. The number of hydrogen-bond acceptors (Lipinski definition) is 5. The molecule has 0 aromatic heterocycles. The molecule has 0 heterocycles. The van der Waals surface area contributed by atoms with Gasteiger partial charge in [0.1, 0.15) is 11.6 Å². The van der Waals surface area contributed by atoms with Crippen LogP contribution in [-0.2, 0) is 14.1 Å². The molecule has 5 nitrogen and oxygen atoms in total. The molecular weight excluding hydrogens is 260 g/mol. The molecule has 19 heavy (non-hydrogen) atoms. The maximum Gasteiger partial charge on any atom is 0.327 e. The van der Waals surface area contributed by atoms with Crippen LogP contribution in [-0.4, -0.2) is 38.4 Å². The Morgan fingerprint density at radius 1 is 1.37 bits per heavy atom. The predicted molar refractivity (Wildman–Crippen MR) is 80.0 cm³/mol. The number of hydrogen-bond donors (Lipinski definition) is 1. The van der Waals surface area contributed by atoms with Gasteiger partial charge in [-0.05, 0) is 47.2 Å². The van der Waals surface area contributed by atoms with Crippen molar-refractivity contribution in [3.8, 4) is 0 Å². The summed E-state index contributed by atoms with van der Waals surface area (Å²) in [4.78, 5) is 12.0. The van der Waals surface area contributed by atoms with E-state index in [2.05, 4.69) is 25.4 Å². The molecule has 0 amide bonds. The van der Waals surface area contributed by atoms with Crippen molar-refractivity contribution in [1.82, 2.24) is 10.6 Å². The van der Waals surface area contributed by atoms with E-state index in [9.17, 15) is 4.79 Å². The number of carbonyl (C=O) groups is 1. The van der Waals surface area contributed by atoms with E-state index in [0.717, 1.165) is 19.4 Å². The molecule has 0 spiro atoms. The molecule has 0 rings (SSSR count). The Kier molecular flexibility index (Phi) is 8.48. The fraction of sp³-hybridized carbons (Fsp3) is 0.923. The zero-order chi connectivity index (χ0) is 15.1. The summed E-state index contributed by atoms with van der Waals surface area (Å²) in [5.74, 6) is -0.272. The van der Waals surface area contributed by atoms with Crippen LogP contribution in [0.25, 0.3) is 0 Å². The van der Waals surface area contributed by atoms with Gasteiger partial charge < -0.3 is 9.26 Å². The molecule has 0 saturated heterocycles. The lowest BCUT2D eigenvalue weighted by atomic mass is 10.2. The Morgan fingerprint density at radius 3 is 2.37 bits per heavy atom. The predicted octanol–water partition coefficient (Wildman–Crippen LogP) is 2.24. The number of rotatable bonds is 8. The molecule has 0 aliphatic rings. The monoisotopic (exact) mass is 290 g/mol. The smallest absolute Gasteiger partial charge is 0.327 e. The average Bonchev–Trinajstić information content (AvgIpc) is 2.24. The maximum atomic E-state index is 12.0. The summed E-state index contributed by atoms with van der Waals surface area (Å²) < 4.78 is 11.1. The van der Waals surface area contributed by atoms with Crippen molar-refractivity contribution in [3.05, 3.63) is 0 Å². The number of hydroxylamine groups is 1. The Balaban J connectivity index is 4.50. The number of nitrogens with zero attached hydrogens (tertiary/aromatic N) is 1. The highest BCUT2D eigenvalue weighted by Crippen LogP contribution is 2.11. The summed E-state index contributed by atoms with van der Waals surface area (Å²) in [6, 6.07) is -0.453. The van der Waals surface area contributed by atoms with Crippen molar-refractivity contribution in [2.75, 3.05) is 6.54 Å². The Hall–Kier alpha value is -0.433. The minimum atomic E-state index is -1.27. The van der Waals surface area contributed by atoms with Crippen LogP contribution in [0.5, 0.6) is 0 Å². The van der Waals surface area contributed by atoms with Gasteiger partial charge in [-0.25, -0.2) is 5.43 Å². The number of carbonyl (C=O) groups excluding carboxylic acids is 1. The van der Waals surface area contributed by atoms with Crippen LogP contribution in [0, 0.1) is 0 Å². The third kappa shape index (κ3) is 9.15. The summed E-state index contributed by atoms with van der Waals surface area (Å²) in [5, 5.41) is 1.57. The molecule has 0 aliphatic heterocycles. The molecule has 1 N–H and O–H groups in total. The normalized spacial score (nSPS) is 13.9. The zero-order valence-corrected chi connectivity index (χ0v) is 14.6. The maximum absolute atomic E-state index is 12.0. The van der Waals surface area contributed by atoms with Gasteiger partial charge in [-0.2, -0.15) is 0 Å². The van der Waals surface area contributed by atoms with Crippen molar-refractivity contribution < 1.29 is 14.1 Å². The molecule has 0 radical (unpaired) electrons. The molecule has 0 bridgehead atoms. The summed E-state index contributed by atoms with van der Waals surface area (Å²) in [7, 11) is -1.27. The molecule has 0 aromatic carbocycles. The Bertz CT molecular complexity index is 267. The number of esters is 1. The summed E-state index contributed by atoms with van der Waals surface area (Å²) in [5.41, 5.74) is 2.69. The molecule has 0 aliphatic carbocycles. The summed E-state index contributed by atoms with van der Waals surface area (Å²) >= 11 is 0. The van der Waals surface area contributed by atoms with Crippen molar-refractivity contribution in [2.45, 2.75) is 72.2 Å². The first-order valence-electron chi connectivity index (χ1n) is 7.09. The van der Waals surface area contributed by atoms with Gasteiger partial charge in [0, 0.05) is 6.54 Å². The van der Waals surface area contributed by atoms with Gasteiger partial charge in [0.2, 0.25) is 9.04 Å². The zero-order valence-electron chi connectivity index (χ0n) is 13.4. The van der Waals surface area contributed by atoms with Crippen molar-refractivity contribution in [1.29, 1.82) is 0 Å². The number of hydrazine groups is 1. The fourth-order valence-electron chi connectivity index (χ4n) is 1.34. The second-order valence-electron chi connectivity index (χ2n) is 5.95. The molecule has 0 saturated carbocycles. The van der Waals surface area contributed by atoms with Gasteiger partial charge in [0.05, 0.1) is 0 Å². The molecule has 0 aromatic rings. The van der Waals surface area contributed by atoms with Crippen molar-refractivity contribution in [2.24, 2.45) is 0 Å². The van der Waals surface area contributed by atoms with Crippen LogP contribution in [0.2, 0.25) is 13.1 Å². The van der Waals surface area contributed by atoms with Gasteiger partial charge in [0.15, 0.2) is 0 Å². The minimum absolute atomic E-state index is 0.272. The first-order valence-corrected chi connectivity index (χ1v) is 9.87.